The van der Waals surface area contributed by atoms with Gasteiger partial charge in [0, 0.05) is 16.1 Å². The molecule has 0 fully saturated rings. The highest BCUT2D eigenvalue weighted by Crippen LogP contribution is 2.40. The van der Waals surface area contributed by atoms with Gasteiger partial charge in [-0.3, -0.25) is 0 Å². The first kappa shape index (κ1) is 16.4. The molecule has 1 atom stereocenters. The zero-order valence-electron chi connectivity index (χ0n) is 15.4. The van der Waals surface area contributed by atoms with Crippen molar-refractivity contribution in [1.29, 1.82) is 0 Å². The number of nitrogens with one attached hydrogen (secondary N) is 1. The van der Waals surface area contributed by atoms with Gasteiger partial charge in [-0.25, -0.2) is 15.0 Å². The van der Waals surface area contributed by atoms with Crippen LogP contribution in [0.1, 0.15) is 40.2 Å². The molecule has 1 aliphatic carbocycles. The molecule has 5 rings (SSSR count). The van der Waals surface area contributed by atoms with E-state index >= 15 is 0 Å². The highest BCUT2D eigenvalue weighted by Gasteiger charge is 2.29. The van der Waals surface area contributed by atoms with Crippen LogP contribution in [0.3, 0.4) is 0 Å². The number of fused-ring (bicyclic) bond motifs is 1. The summed E-state index contributed by atoms with van der Waals surface area (Å²) in [7, 11) is 0. The maximum atomic E-state index is 4.88. The molecule has 1 aliphatic rings. The van der Waals surface area contributed by atoms with Crippen LogP contribution in [0.5, 0.6) is 0 Å². The van der Waals surface area contributed by atoms with Crippen molar-refractivity contribution in [3.05, 3.63) is 64.3 Å². The zero-order chi connectivity index (χ0) is 18.4. The molecular weight excluding hydrogens is 354 g/mol. The second-order valence-electron chi connectivity index (χ2n) is 7.04. The molecule has 136 valence electrons. The zero-order valence-corrected chi connectivity index (χ0v) is 16.3. The maximum Gasteiger partial charge on any atom is 0.110 e. The number of thiazole rings is 1. The third-order valence-corrected chi connectivity index (χ3v) is 6.31. The molecule has 27 heavy (non-hydrogen) atoms. The molecule has 1 aromatic carbocycles. The molecule has 3 aromatic heterocycles. The lowest BCUT2D eigenvalue weighted by Gasteiger charge is -2.24. The molecule has 0 saturated carbocycles. The standard InChI is InChI=1S/C21H21N5S/c1-13-18(23-11-22-13)21-19(15-7-4-3-5-8-15)24-12-26(21)16-9-6-10-17-20(16)25-14(2)27-17/h3-5,7-8,11-12,16H,6,9-10H2,1-2H3,(H,22,23)/t16-/m1/s1. The Kier molecular flexibility index (Phi) is 3.93. The molecule has 0 saturated heterocycles. The molecular formula is C21H21N5S. The number of hydrogen-bond acceptors (Lipinski definition) is 4. The summed E-state index contributed by atoms with van der Waals surface area (Å²) >= 11 is 1.83. The SMILES string of the molecule is Cc1nc2c(s1)CCC[C@H]2n1cnc(-c2ccccc2)c1-c1nc[nH]c1C. The average molecular weight is 376 g/mol. The number of H-pyrrole nitrogens is 1. The Morgan fingerprint density at radius 1 is 1.11 bits per heavy atom. The Labute approximate surface area is 162 Å². The van der Waals surface area contributed by atoms with E-state index in [9.17, 15) is 0 Å². The fourth-order valence-corrected chi connectivity index (χ4v) is 5.06. The van der Waals surface area contributed by atoms with E-state index in [0.717, 1.165) is 46.2 Å². The van der Waals surface area contributed by atoms with Crippen molar-refractivity contribution in [2.24, 2.45) is 0 Å². The highest BCUT2D eigenvalue weighted by molar-refractivity contribution is 7.11. The van der Waals surface area contributed by atoms with E-state index < -0.39 is 0 Å². The summed E-state index contributed by atoms with van der Waals surface area (Å²) in [6.45, 7) is 4.16. The monoisotopic (exact) mass is 375 g/mol. The van der Waals surface area contributed by atoms with Gasteiger partial charge >= 0.3 is 0 Å². The molecule has 1 N–H and O–H groups in total. The lowest BCUT2D eigenvalue weighted by molar-refractivity contribution is 0.485. The molecule has 0 spiro atoms. The fourth-order valence-electron chi connectivity index (χ4n) is 4.03. The predicted octanol–water partition coefficient (Wildman–Crippen LogP) is 4.94. The molecule has 5 nitrogen and oxygen atoms in total. The molecule has 0 aliphatic heterocycles. The Balaban J connectivity index is 1.73. The third kappa shape index (κ3) is 2.72. The van der Waals surface area contributed by atoms with Crippen molar-refractivity contribution >= 4 is 11.3 Å². The van der Waals surface area contributed by atoms with Crippen LogP contribution in [0.4, 0.5) is 0 Å². The van der Waals surface area contributed by atoms with Gasteiger partial charge in [-0.2, -0.15) is 0 Å². The Bertz CT molecular complexity index is 1090. The van der Waals surface area contributed by atoms with Gasteiger partial charge in [-0.15, -0.1) is 11.3 Å². The lowest BCUT2D eigenvalue weighted by atomic mass is 9.96. The molecule has 3 heterocycles. The number of aryl methyl sites for hydroxylation is 3. The number of benzene rings is 1. The van der Waals surface area contributed by atoms with Gasteiger partial charge in [-0.05, 0) is 33.1 Å². The van der Waals surface area contributed by atoms with Crippen molar-refractivity contribution < 1.29 is 0 Å². The molecule has 6 heteroatoms. The van der Waals surface area contributed by atoms with Crippen molar-refractivity contribution in [2.45, 2.75) is 39.2 Å². The van der Waals surface area contributed by atoms with Gasteiger partial charge in [0.2, 0.25) is 0 Å². The normalized spacial score (nSPS) is 16.4. The van der Waals surface area contributed by atoms with E-state index in [0.29, 0.717) is 0 Å². The molecule has 0 radical (unpaired) electrons. The van der Waals surface area contributed by atoms with Gasteiger partial charge in [0.05, 0.1) is 40.8 Å². The minimum atomic E-state index is 0.217. The van der Waals surface area contributed by atoms with E-state index in [1.807, 2.05) is 23.7 Å². The minimum Gasteiger partial charge on any atom is -0.348 e. The summed E-state index contributed by atoms with van der Waals surface area (Å²) in [5, 5.41) is 1.15. The topological polar surface area (TPSA) is 59.4 Å². The van der Waals surface area contributed by atoms with Crippen LogP contribution in [0.25, 0.3) is 22.6 Å². The smallest absolute Gasteiger partial charge is 0.110 e. The van der Waals surface area contributed by atoms with E-state index in [1.165, 1.54) is 17.0 Å². The Hall–Kier alpha value is -2.73. The summed E-state index contributed by atoms with van der Waals surface area (Å²) < 4.78 is 2.29. The highest BCUT2D eigenvalue weighted by atomic mass is 32.1. The first-order valence-corrected chi connectivity index (χ1v) is 10.1. The Morgan fingerprint density at radius 3 is 2.74 bits per heavy atom. The molecule has 0 amide bonds. The number of aromatic amines is 1. The number of hydrogen-bond donors (Lipinski definition) is 1. The number of aromatic nitrogens is 5. The largest absolute Gasteiger partial charge is 0.348 e. The van der Waals surface area contributed by atoms with Crippen molar-refractivity contribution in [1.82, 2.24) is 24.5 Å². The van der Waals surface area contributed by atoms with E-state index in [2.05, 4.69) is 52.6 Å². The average Bonchev–Trinajstić information content (AvgIpc) is 3.38. The second kappa shape index (κ2) is 6.46. The molecule has 0 unspecified atom stereocenters. The van der Waals surface area contributed by atoms with E-state index in [1.54, 1.807) is 6.33 Å². The van der Waals surface area contributed by atoms with Gasteiger partial charge in [0.15, 0.2) is 0 Å². The maximum absolute atomic E-state index is 4.88. The summed E-state index contributed by atoms with van der Waals surface area (Å²) in [4.78, 5) is 19.0. The van der Waals surface area contributed by atoms with Crippen LogP contribution in [0.15, 0.2) is 43.0 Å². The fraction of sp³-hybridized carbons (Fsp3) is 0.286. The number of nitrogens with zero attached hydrogens (tertiary/aromatic N) is 4. The van der Waals surface area contributed by atoms with Crippen LogP contribution in [0, 0.1) is 13.8 Å². The van der Waals surface area contributed by atoms with Crippen LogP contribution in [-0.4, -0.2) is 24.5 Å². The lowest BCUT2D eigenvalue weighted by Crippen LogP contribution is -2.17. The van der Waals surface area contributed by atoms with Crippen LogP contribution in [-0.2, 0) is 6.42 Å². The second-order valence-corrected chi connectivity index (χ2v) is 8.33. The van der Waals surface area contributed by atoms with E-state index in [4.69, 9.17) is 9.97 Å². The van der Waals surface area contributed by atoms with Gasteiger partial charge in [0.1, 0.15) is 5.69 Å². The van der Waals surface area contributed by atoms with Crippen molar-refractivity contribution in [3.63, 3.8) is 0 Å². The molecule has 0 bridgehead atoms. The summed E-state index contributed by atoms with van der Waals surface area (Å²) in [6.07, 6.45) is 7.12. The summed E-state index contributed by atoms with van der Waals surface area (Å²) in [6, 6.07) is 10.6. The quantitative estimate of drug-likeness (QED) is 0.552. The van der Waals surface area contributed by atoms with E-state index in [-0.39, 0.29) is 6.04 Å². The van der Waals surface area contributed by atoms with Crippen LogP contribution < -0.4 is 0 Å². The number of imidazole rings is 2. The van der Waals surface area contributed by atoms with Crippen LogP contribution >= 0.6 is 11.3 Å². The van der Waals surface area contributed by atoms with Crippen LogP contribution in [0.2, 0.25) is 0 Å². The minimum absolute atomic E-state index is 0.217. The first-order valence-electron chi connectivity index (χ1n) is 9.31. The first-order chi connectivity index (χ1) is 13.2. The Morgan fingerprint density at radius 2 is 1.96 bits per heavy atom. The number of rotatable bonds is 3. The van der Waals surface area contributed by atoms with Crippen molar-refractivity contribution in [3.8, 4) is 22.6 Å². The van der Waals surface area contributed by atoms with Gasteiger partial charge < -0.3 is 9.55 Å². The summed E-state index contributed by atoms with van der Waals surface area (Å²) in [5.41, 5.74) is 6.40. The van der Waals surface area contributed by atoms with Gasteiger partial charge in [0.25, 0.3) is 0 Å². The van der Waals surface area contributed by atoms with Gasteiger partial charge in [-0.1, -0.05) is 30.3 Å². The predicted molar refractivity (Wildman–Crippen MR) is 108 cm³/mol. The van der Waals surface area contributed by atoms with Crippen molar-refractivity contribution in [2.75, 3.05) is 0 Å². The molecule has 4 aromatic rings. The summed E-state index contributed by atoms with van der Waals surface area (Å²) in [5.74, 6) is 0. The third-order valence-electron chi connectivity index (χ3n) is 5.26.